The quantitative estimate of drug-likeness (QED) is 0.893. The Morgan fingerprint density at radius 3 is 2.71 bits per heavy atom. The SMILES string of the molecule is Cc1csc(C(=O)O)c1S(=O)(=O)N(C)Cc1cnn(C)c1. The van der Waals surface area contributed by atoms with Gasteiger partial charge >= 0.3 is 5.97 Å². The second-order valence-electron chi connectivity index (χ2n) is 4.67. The molecule has 7 nitrogen and oxygen atoms in total. The molecule has 0 spiro atoms. The van der Waals surface area contributed by atoms with Gasteiger partial charge in [0.1, 0.15) is 9.77 Å². The van der Waals surface area contributed by atoms with Gasteiger partial charge in [0.25, 0.3) is 0 Å². The Balaban J connectivity index is 2.37. The third-order valence-corrected chi connectivity index (χ3v) is 6.15. The van der Waals surface area contributed by atoms with E-state index in [9.17, 15) is 13.2 Å². The van der Waals surface area contributed by atoms with Crippen molar-refractivity contribution in [3.8, 4) is 0 Å². The highest BCUT2D eigenvalue weighted by molar-refractivity contribution is 7.89. The first-order valence-electron chi connectivity index (χ1n) is 5.98. The van der Waals surface area contributed by atoms with Crippen molar-refractivity contribution in [3.05, 3.63) is 33.8 Å². The largest absolute Gasteiger partial charge is 0.477 e. The molecule has 2 aromatic rings. The molecule has 1 N–H and O–H groups in total. The summed E-state index contributed by atoms with van der Waals surface area (Å²) in [6.07, 6.45) is 3.29. The molecule has 2 rings (SSSR count). The van der Waals surface area contributed by atoms with Crippen LogP contribution in [0.5, 0.6) is 0 Å². The first-order chi connectivity index (χ1) is 9.73. The van der Waals surface area contributed by atoms with Crippen LogP contribution in [0.15, 0.2) is 22.7 Å². The summed E-state index contributed by atoms with van der Waals surface area (Å²) in [5.74, 6) is -1.23. The predicted octanol–water partition coefficient (Wildman–Crippen LogP) is 1.31. The van der Waals surface area contributed by atoms with Crippen LogP contribution in [-0.2, 0) is 23.6 Å². The zero-order valence-corrected chi connectivity index (χ0v) is 13.4. The number of aryl methyl sites for hydroxylation is 2. The zero-order chi connectivity index (χ0) is 15.8. The van der Waals surface area contributed by atoms with E-state index in [1.165, 1.54) is 12.4 Å². The van der Waals surface area contributed by atoms with E-state index >= 15 is 0 Å². The second kappa shape index (κ2) is 5.58. The minimum Gasteiger partial charge on any atom is -0.477 e. The lowest BCUT2D eigenvalue weighted by Crippen LogP contribution is -2.27. The van der Waals surface area contributed by atoms with E-state index in [1.54, 1.807) is 31.0 Å². The first-order valence-corrected chi connectivity index (χ1v) is 8.30. The van der Waals surface area contributed by atoms with Crippen molar-refractivity contribution in [2.75, 3.05) is 7.05 Å². The molecule has 2 heterocycles. The van der Waals surface area contributed by atoms with Crippen LogP contribution in [0.3, 0.4) is 0 Å². The molecule has 0 amide bonds. The Kier molecular flexibility index (Phi) is 4.17. The van der Waals surface area contributed by atoms with E-state index in [0.29, 0.717) is 5.56 Å². The third kappa shape index (κ3) is 2.99. The molecule has 0 unspecified atom stereocenters. The van der Waals surface area contributed by atoms with Gasteiger partial charge in [-0.25, -0.2) is 13.2 Å². The molecule has 0 saturated heterocycles. The minimum absolute atomic E-state index is 0.129. The Morgan fingerprint density at radius 1 is 1.52 bits per heavy atom. The molecule has 0 fully saturated rings. The van der Waals surface area contributed by atoms with Crippen molar-refractivity contribution in [2.45, 2.75) is 18.4 Å². The minimum atomic E-state index is -3.87. The van der Waals surface area contributed by atoms with Gasteiger partial charge < -0.3 is 5.11 Å². The number of sulfonamides is 1. The molecule has 0 aliphatic heterocycles. The standard InChI is InChI=1S/C12H15N3O4S2/c1-8-7-20-10(12(16)17)11(8)21(18,19)15(3)6-9-4-13-14(2)5-9/h4-5,7H,6H2,1-3H3,(H,16,17). The average Bonchev–Trinajstić information content (AvgIpc) is 2.95. The Morgan fingerprint density at radius 2 is 2.19 bits per heavy atom. The van der Waals surface area contributed by atoms with Crippen molar-refractivity contribution >= 4 is 27.3 Å². The molecular formula is C12H15N3O4S2. The Bertz CT molecular complexity index is 776. The van der Waals surface area contributed by atoms with Crippen LogP contribution in [0.4, 0.5) is 0 Å². The van der Waals surface area contributed by atoms with Crippen molar-refractivity contribution in [1.29, 1.82) is 0 Å². The molecule has 21 heavy (non-hydrogen) atoms. The summed E-state index contributed by atoms with van der Waals surface area (Å²) in [5, 5.41) is 14.6. The number of hydrogen-bond acceptors (Lipinski definition) is 5. The van der Waals surface area contributed by atoms with Gasteiger partial charge in [-0.2, -0.15) is 9.40 Å². The van der Waals surface area contributed by atoms with Gasteiger partial charge in [-0.1, -0.05) is 0 Å². The van der Waals surface area contributed by atoms with Crippen molar-refractivity contribution < 1.29 is 18.3 Å². The monoisotopic (exact) mass is 329 g/mol. The number of carbonyl (C=O) groups is 1. The van der Waals surface area contributed by atoms with Gasteiger partial charge in [0.05, 0.1) is 6.20 Å². The summed E-state index contributed by atoms with van der Waals surface area (Å²) >= 11 is 0.917. The number of nitrogens with zero attached hydrogens (tertiary/aromatic N) is 3. The summed E-state index contributed by atoms with van der Waals surface area (Å²) in [5.41, 5.74) is 1.17. The predicted molar refractivity (Wildman–Crippen MR) is 77.9 cm³/mol. The fourth-order valence-electron chi connectivity index (χ4n) is 1.95. The molecule has 114 valence electrons. The maximum atomic E-state index is 12.6. The number of rotatable bonds is 5. The fraction of sp³-hybridized carbons (Fsp3) is 0.333. The van der Waals surface area contributed by atoms with E-state index in [4.69, 9.17) is 5.11 Å². The fourth-order valence-corrected chi connectivity index (χ4v) is 4.69. The molecule has 0 bridgehead atoms. The van der Waals surface area contributed by atoms with Gasteiger partial charge in [0.2, 0.25) is 10.0 Å². The summed E-state index contributed by atoms with van der Waals surface area (Å²) in [4.78, 5) is 10.9. The number of aromatic nitrogens is 2. The maximum absolute atomic E-state index is 12.6. The lowest BCUT2D eigenvalue weighted by atomic mass is 10.3. The Hall–Kier alpha value is -1.71. The summed E-state index contributed by atoms with van der Waals surface area (Å²) in [6.45, 7) is 1.72. The highest BCUT2D eigenvalue weighted by Gasteiger charge is 2.30. The van der Waals surface area contributed by atoms with E-state index in [-0.39, 0.29) is 16.3 Å². The molecule has 0 aliphatic rings. The van der Waals surface area contributed by atoms with Crippen LogP contribution in [-0.4, -0.2) is 40.6 Å². The van der Waals surface area contributed by atoms with Crippen LogP contribution >= 0.6 is 11.3 Å². The molecular weight excluding hydrogens is 314 g/mol. The number of carboxylic acids is 1. The normalized spacial score (nSPS) is 12.0. The molecule has 0 radical (unpaired) electrons. The number of hydrogen-bond donors (Lipinski definition) is 1. The number of thiophene rings is 1. The van der Waals surface area contributed by atoms with Gasteiger partial charge in [0.15, 0.2) is 0 Å². The third-order valence-electron chi connectivity index (χ3n) is 2.94. The Labute approximate surface area is 126 Å². The molecule has 0 aliphatic carbocycles. The van der Waals surface area contributed by atoms with E-state index in [2.05, 4.69) is 5.10 Å². The molecule has 2 aromatic heterocycles. The summed E-state index contributed by atoms with van der Waals surface area (Å²) in [7, 11) is -0.704. The van der Waals surface area contributed by atoms with E-state index < -0.39 is 16.0 Å². The van der Waals surface area contributed by atoms with Crippen LogP contribution in [0.1, 0.15) is 20.8 Å². The highest BCUT2D eigenvalue weighted by Crippen LogP contribution is 2.29. The van der Waals surface area contributed by atoms with Crippen LogP contribution in [0.2, 0.25) is 0 Å². The van der Waals surface area contributed by atoms with Crippen LogP contribution < -0.4 is 0 Å². The molecule has 0 aromatic carbocycles. The van der Waals surface area contributed by atoms with Crippen molar-refractivity contribution in [3.63, 3.8) is 0 Å². The topological polar surface area (TPSA) is 92.5 Å². The van der Waals surface area contributed by atoms with Gasteiger partial charge in [-0.15, -0.1) is 11.3 Å². The van der Waals surface area contributed by atoms with E-state index in [1.807, 2.05) is 0 Å². The van der Waals surface area contributed by atoms with Crippen molar-refractivity contribution in [1.82, 2.24) is 14.1 Å². The molecule has 9 heteroatoms. The van der Waals surface area contributed by atoms with Crippen molar-refractivity contribution in [2.24, 2.45) is 7.05 Å². The zero-order valence-electron chi connectivity index (χ0n) is 11.8. The lowest BCUT2D eigenvalue weighted by Gasteiger charge is -2.17. The van der Waals surface area contributed by atoms with Gasteiger partial charge in [-0.3, -0.25) is 4.68 Å². The van der Waals surface area contributed by atoms with Crippen LogP contribution in [0, 0.1) is 6.92 Å². The maximum Gasteiger partial charge on any atom is 0.347 e. The smallest absolute Gasteiger partial charge is 0.347 e. The summed E-state index contributed by atoms with van der Waals surface area (Å²) in [6, 6.07) is 0. The van der Waals surface area contributed by atoms with Gasteiger partial charge in [0, 0.05) is 32.4 Å². The summed E-state index contributed by atoms with van der Waals surface area (Å²) < 4.78 is 27.9. The number of carboxylic acid groups (broad SMARTS) is 1. The lowest BCUT2D eigenvalue weighted by molar-refractivity contribution is 0.0698. The average molecular weight is 329 g/mol. The molecule has 0 saturated carbocycles. The van der Waals surface area contributed by atoms with E-state index in [0.717, 1.165) is 21.2 Å². The number of aromatic carboxylic acids is 1. The second-order valence-corrected chi connectivity index (χ2v) is 7.53. The highest BCUT2D eigenvalue weighted by atomic mass is 32.2. The first kappa shape index (κ1) is 15.7. The molecule has 0 atom stereocenters. The van der Waals surface area contributed by atoms with Crippen LogP contribution in [0.25, 0.3) is 0 Å². The van der Waals surface area contributed by atoms with Gasteiger partial charge in [-0.05, 0) is 17.9 Å².